The van der Waals surface area contributed by atoms with Crippen LogP contribution >= 0.6 is 11.8 Å². The van der Waals surface area contributed by atoms with Crippen LogP contribution in [0.3, 0.4) is 0 Å². The highest BCUT2D eigenvalue weighted by Crippen LogP contribution is 2.17. The summed E-state index contributed by atoms with van der Waals surface area (Å²) in [5.41, 5.74) is 6.36. The Labute approximate surface area is 129 Å². The minimum Gasteiger partial charge on any atom is -0.480 e. The molecule has 1 atom stereocenters. The number of benzene rings is 1. The fourth-order valence-corrected chi connectivity index (χ4v) is 4.02. The third kappa shape index (κ3) is 6.07. The Balaban J connectivity index is 2.56. The van der Waals surface area contributed by atoms with Crippen molar-refractivity contribution in [3.8, 4) is 0 Å². The molecule has 0 radical (unpaired) electrons. The molecule has 1 rings (SSSR count). The maximum atomic E-state index is 12.0. The zero-order valence-electron chi connectivity index (χ0n) is 12.0. The number of aliphatic carboxylic acids is 1. The monoisotopic (exact) mass is 331 g/mol. The number of carboxylic acid groups (broad SMARTS) is 1. The summed E-state index contributed by atoms with van der Waals surface area (Å²) < 4.78 is 24.0. The molecule has 0 aliphatic carbocycles. The van der Waals surface area contributed by atoms with E-state index in [-0.39, 0.29) is 5.75 Å². The first kappa shape index (κ1) is 18.0. The van der Waals surface area contributed by atoms with E-state index in [0.717, 1.165) is 12.0 Å². The first-order valence-electron chi connectivity index (χ1n) is 6.74. The summed E-state index contributed by atoms with van der Waals surface area (Å²) in [4.78, 5) is 10.9. The van der Waals surface area contributed by atoms with Crippen molar-refractivity contribution in [3.63, 3.8) is 0 Å². The number of carbonyl (C=O) groups is 1. The van der Waals surface area contributed by atoms with Gasteiger partial charge in [0.1, 0.15) is 6.04 Å². The van der Waals surface area contributed by atoms with Crippen molar-refractivity contribution in [1.82, 2.24) is 0 Å². The van der Waals surface area contributed by atoms with Gasteiger partial charge in [-0.2, -0.15) is 11.8 Å². The average Bonchev–Trinajstić information content (AvgIpc) is 2.45. The number of nitrogens with two attached hydrogens (primary N) is 1. The van der Waals surface area contributed by atoms with Gasteiger partial charge in [-0.3, -0.25) is 4.79 Å². The van der Waals surface area contributed by atoms with Crippen LogP contribution in [0.25, 0.3) is 0 Å². The molecule has 3 N–H and O–H groups in total. The highest BCUT2D eigenvalue weighted by atomic mass is 32.2. The van der Waals surface area contributed by atoms with E-state index in [4.69, 9.17) is 10.8 Å². The summed E-state index contributed by atoms with van der Waals surface area (Å²) in [6, 6.07) is 5.87. The summed E-state index contributed by atoms with van der Waals surface area (Å²) in [5.74, 6) is 0.0904. The molecule has 0 bridgehead atoms. The molecule has 0 aromatic heterocycles. The number of hydrogen-bond donors (Lipinski definition) is 2. The van der Waals surface area contributed by atoms with Crippen LogP contribution in [0.15, 0.2) is 29.2 Å². The molecule has 0 aliphatic rings. The maximum Gasteiger partial charge on any atom is 0.321 e. The lowest BCUT2D eigenvalue weighted by Crippen LogP contribution is -2.32. The molecule has 1 aromatic rings. The van der Waals surface area contributed by atoms with E-state index in [1.54, 1.807) is 24.3 Å². The Kier molecular flexibility index (Phi) is 7.21. The van der Waals surface area contributed by atoms with Gasteiger partial charge in [0.25, 0.3) is 0 Å². The fourth-order valence-electron chi connectivity index (χ4n) is 1.62. The molecule has 1 aromatic carbocycles. The number of thioether (sulfide) groups is 1. The second-order valence-electron chi connectivity index (χ2n) is 4.78. The molecule has 0 saturated carbocycles. The van der Waals surface area contributed by atoms with Crippen LogP contribution in [0.2, 0.25) is 0 Å². The van der Waals surface area contributed by atoms with Gasteiger partial charge in [-0.05, 0) is 24.1 Å². The highest BCUT2D eigenvalue weighted by Gasteiger charge is 2.14. The number of rotatable bonds is 9. The van der Waals surface area contributed by atoms with Crippen molar-refractivity contribution in [2.24, 2.45) is 5.73 Å². The molecule has 0 aliphatic heterocycles. The molecule has 118 valence electrons. The Bertz CT molecular complexity index is 555. The largest absolute Gasteiger partial charge is 0.480 e. The van der Waals surface area contributed by atoms with E-state index in [2.05, 4.69) is 0 Å². The molecule has 21 heavy (non-hydrogen) atoms. The standard InChI is InChI=1S/C14H21NO4S2/c1-2-3-8-21(18,19)12-6-4-11(5-7-12)9-20-10-13(15)14(16)17/h4-7,13H,2-3,8-10,15H2,1H3,(H,16,17)/t13-/m0/s1. The lowest BCUT2D eigenvalue weighted by Gasteiger charge is -2.07. The van der Waals surface area contributed by atoms with Gasteiger partial charge in [-0.25, -0.2) is 8.42 Å². The SMILES string of the molecule is CCCCS(=O)(=O)c1ccc(CSC[C@H](N)C(=O)O)cc1. The summed E-state index contributed by atoms with van der Waals surface area (Å²) >= 11 is 1.41. The molecule has 0 fully saturated rings. The van der Waals surface area contributed by atoms with Crippen molar-refractivity contribution in [2.75, 3.05) is 11.5 Å². The van der Waals surface area contributed by atoms with Crippen LogP contribution in [-0.4, -0.2) is 37.0 Å². The van der Waals surface area contributed by atoms with E-state index in [1.807, 2.05) is 6.92 Å². The van der Waals surface area contributed by atoms with E-state index >= 15 is 0 Å². The van der Waals surface area contributed by atoms with Crippen molar-refractivity contribution in [1.29, 1.82) is 0 Å². The van der Waals surface area contributed by atoms with Gasteiger partial charge in [0.2, 0.25) is 0 Å². The summed E-state index contributed by atoms with van der Waals surface area (Å²) in [6.07, 6.45) is 1.50. The van der Waals surface area contributed by atoms with Gasteiger partial charge in [0.15, 0.2) is 9.84 Å². The second kappa shape index (κ2) is 8.41. The predicted molar refractivity (Wildman–Crippen MR) is 85.2 cm³/mol. The van der Waals surface area contributed by atoms with E-state index in [1.165, 1.54) is 11.8 Å². The van der Waals surface area contributed by atoms with Crippen LogP contribution in [0.5, 0.6) is 0 Å². The first-order chi connectivity index (χ1) is 9.86. The summed E-state index contributed by atoms with van der Waals surface area (Å²) in [6.45, 7) is 1.96. The van der Waals surface area contributed by atoms with Gasteiger partial charge >= 0.3 is 5.97 Å². The van der Waals surface area contributed by atoms with Gasteiger partial charge in [0, 0.05) is 11.5 Å². The minimum atomic E-state index is -3.19. The smallest absolute Gasteiger partial charge is 0.321 e. The van der Waals surface area contributed by atoms with Crippen LogP contribution in [0.1, 0.15) is 25.3 Å². The average molecular weight is 331 g/mol. The number of carboxylic acids is 1. The zero-order valence-corrected chi connectivity index (χ0v) is 13.6. The third-order valence-electron chi connectivity index (χ3n) is 2.93. The fraction of sp³-hybridized carbons (Fsp3) is 0.500. The van der Waals surface area contributed by atoms with Crippen molar-refractivity contribution >= 4 is 27.6 Å². The molecule has 5 nitrogen and oxygen atoms in total. The lowest BCUT2D eigenvalue weighted by atomic mass is 10.2. The maximum absolute atomic E-state index is 12.0. The topological polar surface area (TPSA) is 97.5 Å². The molecule has 0 spiro atoms. The summed E-state index contributed by atoms with van der Waals surface area (Å²) in [5, 5.41) is 8.67. The number of sulfone groups is 1. The Morgan fingerprint density at radius 3 is 2.48 bits per heavy atom. The Morgan fingerprint density at radius 2 is 1.95 bits per heavy atom. The number of unbranched alkanes of at least 4 members (excludes halogenated alkanes) is 1. The predicted octanol–water partition coefficient (Wildman–Crippen LogP) is 1.91. The minimum absolute atomic E-state index is 0.172. The normalized spacial score (nSPS) is 13.0. The van der Waals surface area contributed by atoms with Crippen LogP contribution in [-0.2, 0) is 20.4 Å². The molecule has 0 amide bonds. The molecule has 0 heterocycles. The van der Waals surface area contributed by atoms with Gasteiger partial charge in [0.05, 0.1) is 10.6 Å². The molecular formula is C14H21NO4S2. The highest BCUT2D eigenvalue weighted by molar-refractivity contribution is 7.98. The second-order valence-corrected chi connectivity index (χ2v) is 7.92. The first-order valence-corrected chi connectivity index (χ1v) is 9.55. The lowest BCUT2D eigenvalue weighted by molar-refractivity contribution is -0.137. The van der Waals surface area contributed by atoms with Gasteiger partial charge in [-0.15, -0.1) is 0 Å². The van der Waals surface area contributed by atoms with E-state index in [0.29, 0.717) is 22.8 Å². The quantitative estimate of drug-likeness (QED) is 0.717. The van der Waals surface area contributed by atoms with E-state index < -0.39 is 21.8 Å². The molecule has 0 saturated heterocycles. The molecular weight excluding hydrogens is 310 g/mol. The third-order valence-corrected chi connectivity index (χ3v) is 5.88. The molecule has 7 heteroatoms. The summed E-state index contributed by atoms with van der Waals surface area (Å²) in [7, 11) is -3.19. The van der Waals surface area contributed by atoms with Crippen LogP contribution in [0.4, 0.5) is 0 Å². The Hall–Kier alpha value is -1.05. The zero-order chi connectivity index (χ0) is 15.9. The van der Waals surface area contributed by atoms with Crippen LogP contribution in [0, 0.1) is 0 Å². The van der Waals surface area contributed by atoms with Gasteiger partial charge < -0.3 is 10.8 Å². The van der Waals surface area contributed by atoms with E-state index in [9.17, 15) is 13.2 Å². The number of hydrogen-bond acceptors (Lipinski definition) is 5. The van der Waals surface area contributed by atoms with Crippen LogP contribution < -0.4 is 5.73 Å². The van der Waals surface area contributed by atoms with Gasteiger partial charge in [-0.1, -0.05) is 25.5 Å². The molecule has 0 unspecified atom stereocenters. The van der Waals surface area contributed by atoms with Crippen molar-refractivity contribution in [3.05, 3.63) is 29.8 Å². The van der Waals surface area contributed by atoms with Crippen molar-refractivity contribution < 1.29 is 18.3 Å². The Morgan fingerprint density at radius 1 is 1.33 bits per heavy atom. The van der Waals surface area contributed by atoms with Crippen molar-refractivity contribution in [2.45, 2.75) is 36.5 Å².